The molecule has 0 aliphatic carbocycles. The van der Waals surface area contributed by atoms with E-state index < -0.39 is 4.92 Å². The summed E-state index contributed by atoms with van der Waals surface area (Å²) in [5, 5.41) is 15.1. The molecule has 0 atom stereocenters. The quantitative estimate of drug-likeness (QED) is 0.140. The number of anilines is 1. The molecule has 1 fully saturated rings. The first kappa shape index (κ1) is 25.4. The molecule has 35 heavy (non-hydrogen) atoms. The average Bonchev–Trinajstić information content (AvgIpc) is 3.39. The van der Waals surface area contributed by atoms with Crippen molar-refractivity contribution in [2.45, 2.75) is 19.4 Å². The van der Waals surface area contributed by atoms with Crippen LogP contribution in [0.2, 0.25) is 0 Å². The van der Waals surface area contributed by atoms with Crippen LogP contribution in [0.15, 0.2) is 65.8 Å². The number of rotatable bonds is 8. The molecule has 1 saturated heterocycles. The molecule has 1 aliphatic heterocycles. The molecule has 0 radical (unpaired) electrons. The van der Waals surface area contributed by atoms with Crippen molar-refractivity contribution in [2.75, 3.05) is 18.0 Å². The summed E-state index contributed by atoms with van der Waals surface area (Å²) in [5.41, 5.74) is 5.83. The fourth-order valence-corrected chi connectivity index (χ4v) is 5.86. The van der Waals surface area contributed by atoms with E-state index in [0.717, 1.165) is 31.5 Å². The van der Waals surface area contributed by atoms with E-state index >= 15 is 0 Å². The Labute approximate surface area is 230 Å². The molecule has 0 bridgehead atoms. The van der Waals surface area contributed by atoms with E-state index in [1.807, 2.05) is 36.4 Å². The van der Waals surface area contributed by atoms with Crippen LogP contribution >= 0.6 is 45.2 Å². The Kier molecular flexibility index (Phi) is 8.55. The molecule has 0 aromatic heterocycles. The standard InChI is InChI=1S/C25H22I2N4O4/c26-22-13-18(14-23(27)24(22)35-16-17-4-3-5-21(12-17)31(33)34)15-28-29-25(32)19-6-8-20(9-7-19)30-10-1-2-11-30/h3-9,12-15H,1-2,10-11,16H2,(H,29,32)/b28-15-. The van der Waals surface area contributed by atoms with E-state index in [-0.39, 0.29) is 18.2 Å². The van der Waals surface area contributed by atoms with E-state index in [2.05, 4.69) is 60.6 Å². The van der Waals surface area contributed by atoms with E-state index in [4.69, 9.17) is 4.74 Å². The number of amides is 1. The number of nitro benzene ring substituents is 1. The summed E-state index contributed by atoms with van der Waals surface area (Å²) in [5.74, 6) is 0.424. The van der Waals surface area contributed by atoms with Crippen LogP contribution in [-0.2, 0) is 6.61 Å². The third kappa shape index (κ3) is 6.69. The minimum Gasteiger partial charge on any atom is -0.487 e. The number of nitro groups is 1. The number of benzene rings is 3. The van der Waals surface area contributed by atoms with Gasteiger partial charge in [0.2, 0.25) is 0 Å². The molecule has 1 amide bonds. The van der Waals surface area contributed by atoms with Crippen LogP contribution in [0.3, 0.4) is 0 Å². The minimum atomic E-state index is -0.423. The normalized spacial score (nSPS) is 13.3. The predicted octanol–water partition coefficient (Wildman–Crippen LogP) is 5.75. The summed E-state index contributed by atoms with van der Waals surface area (Å²) in [7, 11) is 0. The van der Waals surface area contributed by atoms with Gasteiger partial charge in [-0.15, -0.1) is 0 Å². The first-order chi connectivity index (χ1) is 16.9. The van der Waals surface area contributed by atoms with Crippen molar-refractivity contribution in [3.63, 3.8) is 0 Å². The topological polar surface area (TPSA) is 97.1 Å². The van der Waals surface area contributed by atoms with E-state index in [0.29, 0.717) is 16.9 Å². The molecule has 8 nitrogen and oxygen atoms in total. The van der Waals surface area contributed by atoms with Gasteiger partial charge in [-0.3, -0.25) is 14.9 Å². The number of hydrogen-bond donors (Lipinski definition) is 1. The summed E-state index contributed by atoms with van der Waals surface area (Å²) in [6.07, 6.45) is 4.00. The highest BCUT2D eigenvalue weighted by Gasteiger charge is 2.13. The fourth-order valence-electron chi connectivity index (χ4n) is 3.74. The van der Waals surface area contributed by atoms with Crippen molar-refractivity contribution < 1.29 is 14.5 Å². The first-order valence-electron chi connectivity index (χ1n) is 10.9. The second-order valence-electron chi connectivity index (χ2n) is 7.97. The lowest BCUT2D eigenvalue weighted by molar-refractivity contribution is -0.384. The number of non-ortho nitro benzene ring substituents is 1. The van der Waals surface area contributed by atoms with Crippen LogP contribution in [-0.4, -0.2) is 30.1 Å². The molecule has 1 aliphatic rings. The molecular formula is C25H22I2N4O4. The van der Waals surface area contributed by atoms with Crippen molar-refractivity contribution >= 4 is 68.7 Å². The van der Waals surface area contributed by atoms with Gasteiger partial charge in [-0.2, -0.15) is 5.10 Å². The van der Waals surface area contributed by atoms with Crippen LogP contribution in [0, 0.1) is 17.3 Å². The largest absolute Gasteiger partial charge is 0.487 e. The Bertz CT molecular complexity index is 1240. The van der Waals surface area contributed by atoms with Crippen molar-refractivity contribution in [3.05, 3.63) is 94.6 Å². The number of hydrazone groups is 1. The van der Waals surface area contributed by atoms with Gasteiger partial charge >= 0.3 is 0 Å². The smallest absolute Gasteiger partial charge is 0.271 e. The van der Waals surface area contributed by atoms with Gasteiger partial charge in [0.25, 0.3) is 11.6 Å². The number of hydrogen-bond acceptors (Lipinski definition) is 6. The monoisotopic (exact) mass is 696 g/mol. The molecule has 3 aromatic rings. The third-order valence-electron chi connectivity index (χ3n) is 5.51. The van der Waals surface area contributed by atoms with Crippen LogP contribution in [0.4, 0.5) is 11.4 Å². The van der Waals surface area contributed by atoms with Gasteiger partial charge in [-0.05, 0) is 106 Å². The number of nitrogens with zero attached hydrogens (tertiary/aromatic N) is 3. The molecule has 3 aromatic carbocycles. The maximum atomic E-state index is 12.4. The van der Waals surface area contributed by atoms with Gasteiger partial charge in [0.05, 0.1) is 18.3 Å². The molecule has 1 heterocycles. The second kappa shape index (κ2) is 11.8. The predicted molar refractivity (Wildman–Crippen MR) is 152 cm³/mol. The molecule has 180 valence electrons. The molecule has 10 heteroatoms. The van der Waals surface area contributed by atoms with Crippen LogP contribution in [0.25, 0.3) is 0 Å². The van der Waals surface area contributed by atoms with Gasteiger partial charge in [-0.1, -0.05) is 12.1 Å². The Balaban J connectivity index is 1.35. The second-order valence-corrected chi connectivity index (χ2v) is 10.3. The highest BCUT2D eigenvalue weighted by molar-refractivity contribution is 14.1. The van der Waals surface area contributed by atoms with Crippen molar-refractivity contribution in [1.82, 2.24) is 5.43 Å². The first-order valence-corrected chi connectivity index (χ1v) is 13.1. The summed E-state index contributed by atoms with van der Waals surface area (Å²) in [6, 6.07) is 17.8. The van der Waals surface area contributed by atoms with Gasteiger partial charge in [0.15, 0.2) is 0 Å². The fraction of sp³-hybridized carbons (Fsp3) is 0.200. The number of carbonyl (C=O) groups is 1. The van der Waals surface area contributed by atoms with E-state index in [9.17, 15) is 14.9 Å². The van der Waals surface area contributed by atoms with Crippen molar-refractivity contribution in [2.24, 2.45) is 5.10 Å². The Morgan fingerprint density at radius 2 is 1.77 bits per heavy atom. The SMILES string of the molecule is O=C(N/N=C\c1cc(I)c(OCc2cccc([N+](=O)[O-])c2)c(I)c1)c1ccc(N2CCCC2)cc1. The van der Waals surface area contributed by atoms with Crippen LogP contribution in [0.1, 0.15) is 34.3 Å². The minimum absolute atomic E-state index is 0.0339. The summed E-state index contributed by atoms with van der Waals surface area (Å²) in [4.78, 5) is 25.3. The lowest BCUT2D eigenvalue weighted by Crippen LogP contribution is -2.19. The van der Waals surface area contributed by atoms with Crippen molar-refractivity contribution in [1.29, 1.82) is 0 Å². The average molecular weight is 696 g/mol. The maximum Gasteiger partial charge on any atom is 0.271 e. The number of halogens is 2. The summed E-state index contributed by atoms with van der Waals surface area (Å²) >= 11 is 4.35. The zero-order valence-electron chi connectivity index (χ0n) is 18.6. The van der Waals surface area contributed by atoms with E-state index in [1.165, 1.54) is 25.0 Å². The Morgan fingerprint density at radius 3 is 2.43 bits per heavy atom. The lowest BCUT2D eigenvalue weighted by Gasteiger charge is -2.17. The molecule has 0 spiro atoms. The van der Waals surface area contributed by atoms with Crippen LogP contribution < -0.4 is 15.1 Å². The third-order valence-corrected chi connectivity index (χ3v) is 7.11. The zero-order chi connectivity index (χ0) is 24.8. The number of ether oxygens (including phenoxy) is 1. The molecule has 1 N–H and O–H groups in total. The summed E-state index contributed by atoms with van der Waals surface area (Å²) in [6.45, 7) is 2.34. The molecule has 4 rings (SSSR count). The van der Waals surface area contributed by atoms with Gasteiger partial charge in [0, 0.05) is 36.5 Å². The van der Waals surface area contributed by atoms with Crippen LogP contribution in [0.5, 0.6) is 5.75 Å². The zero-order valence-corrected chi connectivity index (χ0v) is 22.9. The lowest BCUT2D eigenvalue weighted by atomic mass is 10.2. The van der Waals surface area contributed by atoms with Gasteiger partial charge in [0.1, 0.15) is 12.4 Å². The highest BCUT2D eigenvalue weighted by Crippen LogP contribution is 2.29. The van der Waals surface area contributed by atoms with Gasteiger partial charge in [-0.25, -0.2) is 5.43 Å². The number of carbonyl (C=O) groups excluding carboxylic acids is 1. The Hall–Kier alpha value is -2.74. The number of nitrogens with one attached hydrogen (secondary N) is 1. The highest BCUT2D eigenvalue weighted by atomic mass is 127. The Morgan fingerprint density at radius 1 is 1.09 bits per heavy atom. The molecule has 0 unspecified atom stereocenters. The van der Waals surface area contributed by atoms with Crippen molar-refractivity contribution in [3.8, 4) is 5.75 Å². The summed E-state index contributed by atoms with van der Waals surface area (Å²) < 4.78 is 7.67. The van der Waals surface area contributed by atoms with E-state index in [1.54, 1.807) is 18.3 Å². The maximum absolute atomic E-state index is 12.4. The van der Waals surface area contributed by atoms with Gasteiger partial charge < -0.3 is 9.64 Å². The molecule has 0 saturated carbocycles. The molecular weight excluding hydrogens is 674 g/mol.